The molecule has 2 rings (SSSR count). The smallest absolute Gasteiger partial charge is 0.296 e. The third-order valence-corrected chi connectivity index (χ3v) is 2.69. The summed E-state index contributed by atoms with van der Waals surface area (Å²) < 4.78 is 0. The van der Waals surface area contributed by atoms with E-state index in [0.717, 1.165) is 5.56 Å². The highest BCUT2D eigenvalue weighted by Crippen LogP contribution is 2.32. The number of phenols is 1. The fraction of sp³-hybridized carbons (Fsp3) is 0. The van der Waals surface area contributed by atoms with Gasteiger partial charge in [0.05, 0.1) is 4.92 Å². The number of hydrogen-bond donors (Lipinski definition) is 2. The van der Waals surface area contributed by atoms with E-state index in [2.05, 4.69) is 5.32 Å². The summed E-state index contributed by atoms with van der Waals surface area (Å²) in [7, 11) is 0. The molecule has 2 aromatic rings. The van der Waals surface area contributed by atoms with Gasteiger partial charge in [-0.05, 0) is 17.7 Å². The topological polar surface area (TPSA) is 92.5 Å². The molecule has 0 saturated carbocycles. The Labute approximate surface area is 120 Å². The van der Waals surface area contributed by atoms with Gasteiger partial charge in [-0.25, -0.2) is 0 Å². The van der Waals surface area contributed by atoms with E-state index in [1.807, 2.05) is 30.3 Å². The van der Waals surface area contributed by atoms with Crippen LogP contribution in [-0.2, 0) is 4.79 Å². The summed E-state index contributed by atoms with van der Waals surface area (Å²) in [5, 5.41) is 22.8. The van der Waals surface area contributed by atoms with Crippen molar-refractivity contribution in [2.45, 2.75) is 0 Å². The van der Waals surface area contributed by atoms with Gasteiger partial charge in [0.25, 0.3) is 5.69 Å². The van der Waals surface area contributed by atoms with Crippen molar-refractivity contribution in [2.24, 2.45) is 0 Å². The van der Waals surface area contributed by atoms with Crippen molar-refractivity contribution >= 4 is 23.4 Å². The third kappa shape index (κ3) is 3.66. The van der Waals surface area contributed by atoms with Crippen molar-refractivity contribution in [3.8, 4) is 5.75 Å². The van der Waals surface area contributed by atoms with Crippen LogP contribution in [0.15, 0.2) is 54.6 Å². The molecule has 0 saturated heterocycles. The molecule has 0 bridgehead atoms. The summed E-state index contributed by atoms with van der Waals surface area (Å²) >= 11 is 0. The van der Waals surface area contributed by atoms with Crippen LogP contribution < -0.4 is 5.32 Å². The van der Waals surface area contributed by atoms with Crippen LogP contribution in [0.2, 0.25) is 0 Å². The minimum Gasteiger partial charge on any atom is -0.505 e. The van der Waals surface area contributed by atoms with E-state index in [-0.39, 0.29) is 17.1 Å². The zero-order valence-corrected chi connectivity index (χ0v) is 10.9. The van der Waals surface area contributed by atoms with Gasteiger partial charge in [-0.1, -0.05) is 36.4 Å². The third-order valence-electron chi connectivity index (χ3n) is 2.69. The number of nitro groups is 1. The number of rotatable bonds is 4. The molecule has 0 fully saturated rings. The number of nitrogens with one attached hydrogen (secondary N) is 1. The molecule has 0 aliphatic heterocycles. The molecule has 0 aliphatic carbocycles. The first-order valence-electron chi connectivity index (χ1n) is 6.08. The quantitative estimate of drug-likeness (QED) is 0.390. The predicted octanol–water partition coefficient (Wildman–Crippen LogP) is 2.95. The molecule has 0 aliphatic rings. The second-order valence-corrected chi connectivity index (χ2v) is 4.16. The highest BCUT2D eigenvalue weighted by molar-refractivity contribution is 6.04. The number of carbonyl (C=O) groups excluding carboxylic acids is 1. The molecule has 106 valence electrons. The minimum absolute atomic E-state index is 0.217. The second kappa shape index (κ2) is 6.33. The van der Waals surface area contributed by atoms with Crippen molar-refractivity contribution in [3.63, 3.8) is 0 Å². The molecule has 0 unspecified atom stereocenters. The van der Waals surface area contributed by atoms with E-state index >= 15 is 0 Å². The maximum absolute atomic E-state index is 11.8. The van der Waals surface area contributed by atoms with Gasteiger partial charge in [0, 0.05) is 12.1 Å². The number of aromatic hydroxyl groups is 1. The molecule has 0 spiro atoms. The van der Waals surface area contributed by atoms with E-state index in [9.17, 15) is 20.0 Å². The maximum atomic E-state index is 11.8. The van der Waals surface area contributed by atoms with Crippen LogP contribution in [-0.4, -0.2) is 15.9 Å². The Morgan fingerprint density at radius 1 is 1.14 bits per heavy atom. The van der Waals surface area contributed by atoms with Crippen LogP contribution >= 0.6 is 0 Å². The van der Waals surface area contributed by atoms with Crippen molar-refractivity contribution in [1.82, 2.24) is 0 Å². The van der Waals surface area contributed by atoms with Crippen molar-refractivity contribution < 1.29 is 14.8 Å². The number of carbonyl (C=O) groups is 1. The van der Waals surface area contributed by atoms with Crippen LogP contribution in [0.4, 0.5) is 11.4 Å². The molecule has 0 atom stereocenters. The summed E-state index contributed by atoms with van der Waals surface area (Å²) in [5.74, 6) is -0.922. The van der Waals surface area contributed by atoms with E-state index < -0.39 is 10.8 Å². The van der Waals surface area contributed by atoms with E-state index in [4.69, 9.17) is 0 Å². The molecule has 0 aromatic heterocycles. The van der Waals surface area contributed by atoms with Gasteiger partial charge in [-0.2, -0.15) is 0 Å². The van der Waals surface area contributed by atoms with E-state index in [1.165, 1.54) is 24.3 Å². The minimum atomic E-state index is -0.670. The lowest BCUT2D eigenvalue weighted by Gasteiger charge is -2.05. The zero-order chi connectivity index (χ0) is 15.2. The second-order valence-electron chi connectivity index (χ2n) is 4.16. The number of nitrogens with zero attached hydrogens (tertiary/aromatic N) is 1. The van der Waals surface area contributed by atoms with Gasteiger partial charge in [0.2, 0.25) is 5.91 Å². The fourth-order valence-corrected chi connectivity index (χ4v) is 1.71. The lowest BCUT2D eigenvalue weighted by molar-refractivity contribution is -0.384. The van der Waals surface area contributed by atoms with Gasteiger partial charge in [0.15, 0.2) is 5.69 Å². The molecular weight excluding hydrogens is 272 g/mol. The molecule has 6 nitrogen and oxygen atoms in total. The van der Waals surface area contributed by atoms with Crippen LogP contribution in [0.3, 0.4) is 0 Å². The monoisotopic (exact) mass is 284 g/mol. The van der Waals surface area contributed by atoms with Crippen LogP contribution in [0, 0.1) is 10.1 Å². The highest BCUT2D eigenvalue weighted by atomic mass is 16.6. The Kier molecular flexibility index (Phi) is 4.30. The largest absolute Gasteiger partial charge is 0.505 e. The highest BCUT2D eigenvalue weighted by Gasteiger charge is 2.18. The number of hydrogen-bond acceptors (Lipinski definition) is 4. The number of nitro benzene ring substituents is 1. The van der Waals surface area contributed by atoms with Crippen LogP contribution in [0.25, 0.3) is 6.08 Å². The lowest BCUT2D eigenvalue weighted by atomic mass is 10.2. The van der Waals surface area contributed by atoms with Gasteiger partial charge in [-0.3, -0.25) is 14.9 Å². The average molecular weight is 284 g/mol. The Hall–Kier alpha value is -3.15. The van der Waals surface area contributed by atoms with Gasteiger partial charge < -0.3 is 10.4 Å². The first-order chi connectivity index (χ1) is 10.1. The number of anilines is 1. The zero-order valence-electron chi connectivity index (χ0n) is 10.9. The van der Waals surface area contributed by atoms with Gasteiger partial charge in [0.1, 0.15) is 5.75 Å². The van der Waals surface area contributed by atoms with Crippen LogP contribution in [0.5, 0.6) is 5.75 Å². The normalized spacial score (nSPS) is 10.5. The Morgan fingerprint density at radius 2 is 1.86 bits per heavy atom. The first-order valence-corrected chi connectivity index (χ1v) is 6.08. The van der Waals surface area contributed by atoms with Crippen LogP contribution in [0.1, 0.15) is 5.56 Å². The summed E-state index contributed by atoms with van der Waals surface area (Å²) in [4.78, 5) is 22.0. The first kappa shape index (κ1) is 14.3. The lowest BCUT2D eigenvalue weighted by Crippen LogP contribution is -2.09. The predicted molar refractivity (Wildman–Crippen MR) is 78.9 cm³/mol. The molecule has 2 aromatic carbocycles. The average Bonchev–Trinajstić information content (AvgIpc) is 2.48. The Balaban J connectivity index is 2.17. The SMILES string of the molecule is O=C(C=Cc1ccccc1)Nc1c(O)cccc1[N+](=O)[O-]. The van der Waals surface area contributed by atoms with E-state index in [0.29, 0.717) is 0 Å². The number of benzene rings is 2. The summed E-state index contributed by atoms with van der Waals surface area (Å²) in [6.07, 6.45) is 2.81. The van der Waals surface area contributed by atoms with Gasteiger partial charge in [-0.15, -0.1) is 0 Å². The number of para-hydroxylation sites is 1. The molecular formula is C15H12N2O4. The molecule has 2 N–H and O–H groups in total. The standard InChI is InChI=1S/C15H12N2O4/c18-13-8-4-7-12(17(20)21)15(13)16-14(19)10-9-11-5-2-1-3-6-11/h1-10,18H,(H,16,19). The molecule has 6 heteroatoms. The number of phenolic OH excluding ortho intramolecular Hbond substituents is 1. The molecule has 1 amide bonds. The molecule has 21 heavy (non-hydrogen) atoms. The van der Waals surface area contributed by atoms with Crippen molar-refractivity contribution in [2.75, 3.05) is 5.32 Å². The maximum Gasteiger partial charge on any atom is 0.296 e. The summed E-state index contributed by atoms with van der Waals surface area (Å²) in [6, 6.07) is 12.9. The fourth-order valence-electron chi connectivity index (χ4n) is 1.71. The summed E-state index contributed by atoms with van der Waals surface area (Å²) in [5.41, 5.74) is 0.237. The molecule has 0 heterocycles. The summed E-state index contributed by atoms with van der Waals surface area (Å²) in [6.45, 7) is 0. The van der Waals surface area contributed by atoms with Crippen molar-refractivity contribution in [1.29, 1.82) is 0 Å². The molecule has 0 radical (unpaired) electrons. The van der Waals surface area contributed by atoms with E-state index in [1.54, 1.807) is 6.08 Å². The van der Waals surface area contributed by atoms with Crippen molar-refractivity contribution in [3.05, 3.63) is 70.3 Å². The Morgan fingerprint density at radius 3 is 2.52 bits per heavy atom. The van der Waals surface area contributed by atoms with Gasteiger partial charge >= 0.3 is 0 Å². The number of amides is 1. The Bertz CT molecular complexity index is 696.